The zero-order chi connectivity index (χ0) is 19.7. The molecule has 140 valence electrons. The number of anilines is 1. The largest absolute Gasteiger partial charge is 0.481 e. The predicted molar refractivity (Wildman–Crippen MR) is 100 cm³/mol. The van der Waals surface area contributed by atoms with E-state index in [9.17, 15) is 9.59 Å². The molecule has 1 aromatic carbocycles. The summed E-state index contributed by atoms with van der Waals surface area (Å²) in [6, 6.07) is 10.5. The third-order valence-corrected chi connectivity index (χ3v) is 4.54. The van der Waals surface area contributed by atoms with Crippen LogP contribution >= 0.6 is 0 Å². The Labute approximate surface area is 156 Å². The van der Waals surface area contributed by atoms with Gasteiger partial charge in [-0.05, 0) is 51.5 Å². The highest BCUT2D eigenvalue weighted by molar-refractivity contribution is 6.05. The van der Waals surface area contributed by atoms with Crippen LogP contribution < -0.4 is 5.32 Å². The summed E-state index contributed by atoms with van der Waals surface area (Å²) in [5.74, 6) is -0.520. The third kappa shape index (κ3) is 3.62. The van der Waals surface area contributed by atoms with Crippen molar-refractivity contribution >= 4 is 17.6 Å². The lowest BCUT2D eigenvalue weighted by atomic mass is 10.0. The van der Waals surface area contributed by atoms with E-state index >= 15 is 0 Å². The number of nitrogens with zero attached hydrogens (tertiary/aromatic N) is 2. The number of nitrogens with one attached hydrogen (secondary N) is 1. The number of aryl methyl sites for hydroxylation is 2. The molecule has 0 spiro atoms. The lowest BCUT2D eigenvalue weighted by molar-refractivity contribution is -0.138. The maximum absolute atomic E-state index is 12.8. The van der Waals surface area contributed by atoms with Gasteiger partial charge in [0.2, 0.25) is 0 Å². The molecule has 0 radical (unpaired) electrons. The number of hydrogen-bond donors (Lipinski definition) is 2. The van der Waals surface area contributed by atoms with Crippen LogP contribution in [0, 0.1) is 20.8 Å². The molecule has 3 aromatic rings. The minimum absolute atomic E-state index is 0.269. The zero-order valence-electron chi connectivity index (χ0n) is 15.6. The molecule has 3 rings (SSSR count). The standard InChI is InChI=1S/C20H21N3O4/c1-11-8-17(14(4)23(11)18-9-12(2)27-22-18)19(24)21-16-7-5-6-15(10-16)13(3)20(25)26/h5-10,13H,1-4H3,(H,21,24)(H,25,26). The molecule has 2 aromatic heterocycles. The van der Waals surface area contributed by atoms with Crippen LogP contribution in [0.1, 0.15) is 45.9 Å². The molecule has 0 aliphatic carbocycles. The van der Waals surface area contributed by atoms with Gasteiger partial charge in [0.25, 0.3) is 5.91 Å². The van der Waals surface area contributed by atoms with Crippen LogP contribution in [-0.2, 0) is 4.79 Å². The van der Waals surface area contributed by atoms with Crippen molar-refractivity contribution < 1.29 is 19.2 Å². The number of carbonyl (C=O) groups excluding carboxylic acids is 1. The van der Waals surface area contributed by atoms with Gasteiger partial charge in [-0.3, -0.25) is 14.2 Å². The Morgan fingerprint density at radius 1 is 1.19 bits per heavy atom. The van der Waals surface area contributed by atoms with Gasteiger partial charge >= 0.3 is 5.97 Å². The molecule has 2 heterocycles. The van der Waals surface area contributed by atoms with E-state index < -0.39 is 11.9 Å². The Balaban J connectivity index is 1.88. The fraction of sp³-hybridized carbons (Fsp3) is 0.250. The minimum Gasteiger partial charge on any atom is -0.481 e. The molecule has 0 fully saturated rings. The van der Waals surface area contributed by atoms with Crippen molar-refractivity contribution in [2.24, 2.45) is 0 Å². The summed E-state index contributed by atoms with van der Waals surface area (Å²) in [4.78, 5) is 23.9. The van der Waals surface area contributed by atoms with Gasteiger partial charge in [0.05, 0.1) is 11.5 Å². The molecule has 7 nitrogen and oxygen atoms in total. The lowest BCUT2D eigenvalue weighted by Gasteiger charge is -2.10. The number of carboxylic acids is 1. The van der Waals surface area contributed by atoms with E-state index in [1.165, 1.54) is 0 Å². The predicted octanol–water partition coefficient (Wildman–Crippen LogP) is 3.83. The van der Waals surface area contributed by atoms with Gasteiger partial charge in [0.1, 0.15) is 5.76 Å². The average molecular weight is 367 g/mol. The molecule has 1 unspecified atom stereocenters. The molecule has 0 aliphatic heterocycles. The van der Waals surface area contributed by atoms with Crippen molar-refractivity contribution in [1.82, 2.24) is 9.72 Å². The first-order valence-corrected chi connectivity index (χ1v) is 8.54. The SMILES string of the molecule is Cc1cc(-n2c(C)cc(C(=O)Nc3cccc(C(C)C(=O)O)c3)c2C)no1. The summed E-state index contributed by atoms with van der Waals surface area (Å²) in [5, 5.41) is 16.0. The fourth-order valence-corrected chi connectivity index (χ4v) is 3.03. The Hall–Kier alpha value is -3.35. The second kappa shape index (κ2) is 7.11. The smallest absolute Gasteiger partial charge is 0.310 e. The number of hydrogen-bond acceptors (Lipinski definition) is 4. The summed E-state index contributed by atoms with van der Waals surface area (Å²) in [6.07, 6.45) is 0. The summed E-state index contributed by atoms with van der Waals surface area (Å²) < 4.78 is 6.99. The zero-order valence-corrected chi connectivity index (χ0v) is 15.6. The summed E-state index contributed by atoms with van der Waals surface area (Å²) >= 11 is 0. The molecule has 1 atom stereocenters. The molecular formula is C20H21N3O4. The molecule has 7 heteroatoms. The minimum atomic E-state index is -0.912. The topological polar surface area (TPSA) is 97.4 Å². The number of benzene rings is 1. The van der Waals surface area contributed by atoms with Gasteiger partial charge in [-0.15, -0.1) is 0 Å². The summed E-state index contributed by atoms with van der Waals surface area (Å²) in [5.41, 5.74) is 3.30. The third-order valence-electron chi connectivity index (χ3n) is 4.54. The van der Waals surface area contributed by atoms with Crippen molar-refractivity contribution in [1.29, 1.82) is 0 Å². The molecule has 1 amide bonds. The monoisotopic (exact) mass is 367 g/mol. The quantitative estimate of drug-likeness (QED) is 0.714. The van der Waals surface area contributed by atoms with Gasteiger partial charge in [-0.25, -0.2) is 0 Å². The van der Waals surface area contributed by atoms with Crippen LogP contribution in [0.2, 0.25) is 0 Å². The van der Waals surface area contributed by atoms with E-state index in [1.807, 2.05) is 25.3 Å². The van der Waals surface area contributed by atoms with Gasteiger partial charge in [0, 0.05) is 23.1 Å². The van der Waals surface area contributed by atoms with E-state index in [0.29, 0.717) is 28.4 Å². The molecule has 0 bridgehead atoms. The van der Waals surface area contributed by atoms with Gasteiger partial charge in [-0.1, -0.05) is 17.3 Å². The van der Waals surface area contributed by atoms with E-state index in [1.54, 1.807) is 43.3 Å². The molecule has 27 heavy (non-hydrogen) atoms. The molecule has 0 aliphatic rings. The first-order valence-electron chi connectivity index (χ1n) is 8.54. The number of amides is 1. The Kier molecular flexibility index (Phi) is 4.85. The number of aliphatic carboxylic acids is 1. The van der Waals surface area contributed by atoms with Crippen LogP contribution in [0.3, 0.4) is 0 Å². The van der Waals surface area contributed by atoms with Gasteiger partial charge < -0.3 is 14.9 Å². The van der Waals surface area contributed by atoms with Crippen LogP contribution in [0.15, 0.2) is 40.9 Å². The summed E-state index contributed by atoms with van der Waals surface area (Å²) in [7, 11) is 0. The lowest BCUT2D eigenvalue weighted by Crippen LogP contribution is -2.14. The molecular weight excluding hydrogens is 346 g/mol. The van der Waals surface area contributed by atoms with Crippen molar-refractivity contribution in [3.8, 4) is 5.82 Å². The highest BCUT2D eigenvalue weighted by atomic mass is 16.5. The normalized spacial score (nSPS) is 12.0. The Morgan fingerprint density at radius 3 is 2.56 bits per heavy atom. The highest BCUT2D eigenvalue weighted by Gasteiger charge is 2.19. The second-order valence-electron chi connectivity index (χ2n) is 6.56. The van der Waals surface area contributed by atoms with E-state index in [4.69, 9.17) is 9.63 Å². The van der Waals surface area contributed by atoms with Crippen molar-refractivity contribution in [2.75, 3.05) is 5.32 Å². The second-order valence-corrected chi connectivity index (χ2v) is 6.56. The van der Waals surface area contributed by atoms with Crippen LogP contribution in [0.25, 0.3) is 5.82 Å². The van der Waals surface area contributed by atoms with E-state index in [2.05, 4.69) is 10.5 Å². The number of carbonyl (C=O) groups is 2. The van der Waals surface area contributed by atoms with Crippen LogP contribution in [0.4, 0.5) is 5.69 Å². The Morgan fingerprint density at radius 2 is 1.93 bits per heavy atom. The van der Waals surface area contributed by atoms with Crippen molar-refractivity contribution in [3.63, 3.8) is 0 Å². The van der Waals surface area contributed by atoms with E-state index in [0.717, 1.165) is 11.4 Å². The maximum atomic E-state index is 12.8. The summed E-state index contributed by atoms with van der Waals surface area (Å²) in [6.45, 7) is 7.15. The van der Waals surface area contributed by atoms with Crippen LogP contribution in [0.5, 0.6) is 0 Å². The van der Waals surface area contributed by atoms with Gasteiger partial charge in [0.15, 0.2) is 5.82 Å². The number of rotatable bonds is 5. The number of carboxylic acid groups (broad SMARTS) is 1. The van der Waals surface area contributed by atoms with Crippen molar-refractivity contribution in [2.45, 2.75) is 33.6 Å². The number of aromatic nitrogens is 2. The van der Waals surface area contributed by atoms with Crippen LogP contribution in [-0.4, -0.2) is 26.7 Å². The van der Waals surface area contributed by atoms with E-state index in [-0.39, 0.29) is 5.91 Å². The van der Waals surface area contributed by atoms with Gasteiger partial charge in [-0.2, -0.15) is 0 Å². The first kappa shape index (κ1) is 18.4. The molecule has 0 saturated heterocycles. The first-order chi connectivity index (χ1) is 12.8. The average Bonchev–Trinajstić information content (AvgIpc) is 3.16. The van der Waals surface area contributed by atoms with Crippen molar-refractivity contribution in [3.05, 3.63) is 64.7 Å². The Bertz CT molecular complexity index is 1020. The maximum Gasteiger partial charge on any atom is 0.310 e. The molecule has 0 saturated carbocycles. The fourth-order valence-electron chi connectivity index (χ4n) is 3.03. The molecule has 2 N–H and O–H groups in total. The highest BCUT2D eigenvalue weighted by Crippen LogP contribution is 2.23.